The Morgan fingerprint density at radius 2 is 1.80 bits per heavy atom. The summed E-state index contributed by atoms with van der Waals surface area (Å²) in [5, 5.41) is 12.1. The van der Waals surface area contributed by atoms with E-state index < -0.39 is 9.84 Å². The monoisotopic (exact) mass is 237 g/mol. The molecule has 92 valence electrons. The van der Waals surface area contributed by atoms with Gasteiger partial charge in [-0.1, -0.05) is 13.8 Å². The zero-order valence-electron chi connectivity index (χ0n) is 10.0. The van der Waals surface area contributed by atoms with Crippen molar-refractivity contribution >= 4 is 9.84 Å². The highest BCUT2D eigenvalue weighted by molar-refractivity contribution is 7.91. The van der Waals surface area contributed by atoms with Crippen LogP contribution in [0, 0.1) is 5.92 Å². The van der Waals surface area contributed by atoms with Crippen molar-refractivity contribution in [1.29, 1.82) is 0 Å². The van der Waals surface area contributed by atoms with Crippen molar-refractivity contribution in [3.05, 3.63) is 0 Å². The molecule has 0 rings (SSSR count). The molecule has 0 spiro atoms. The van der Waals surface area contributed by atoms with Gasteiger partial charge in [0.1, 0.15) is 0 Å². The first-order chi connectivity index (χ1) is 6.82. The second-order valence-corrected chi connectivity index (χ2v) is 6.61. The van der Waals surface area contributed by atoms with Gasteiger partial charge in [-0.15, -0.1) is 0 Å². The Bertz CT molecular complexity index is 264. The Kier molecular flexibility index (Phi) is 6.40. The van der Waals surface area contributed by atoms with Crippen LogP contribution in [0.1, 0.15) is 27.7 Å². The van der Waals surface area contributed by atoms with Gasteiger partial charge < -0.3 is 10.4 Å². The normalized spacial score (nSPS) is 18.5. The lowest BCUT2D eigenvalue weighted by Gasteiger charge is -2.23. The second kappa shape index (κ2) is 6.45. The lowest BCUT2D eigenvalue weighted by molar-refractivity contribution is 0.203. The molecular formula is C10H23NO3S. The third-order valence-electron chi connectivity index (χ3n) is 2.63. The fraction of sp³-hybridized carbons (Fsp3) is 1.00. The molecule has 5 heteroatoms. The fourth-order valence-corrected chi connectivity index (χ4v) is 2.41. The van der Waals surface area contributed by atoms with Gasteiger partial charge in [0.15, 0.2) is 9.84 Å². The van der Waals surface area contributed by atoms with Crippen molar-refractivity contribution in [3.8, 4) is 0 Å². The predicted octanol–water partition coefficient (Wildman–Crippen LogP) is 0.416. The van der Waals surface area contributed by atoms with Gasteiger partial charge >= 0.3 is 0 Å². The Morgan fingerprint density at radius 1 is 1.27 bits per heavy atom. The molecule has 4 nitrogen and oxygen atoms in total. The molecule has 0 aromatic heterocycles. The average Bonchev–Trinajstić information content (AvgIpc) is 2.15. The van der Waals surface area contributed by atoms with Gasteiger partial charge in [0.2, 0.25) is 0 Å². The van der Waals surface area contributed by atoms with Crippen LogP contribution in [-0.2, 0) is 9.84 Å². The molecule has 0 radical (unpaired) electrons. The molecule has 0 saturated carbocycles. The lowest BCUT2D eigenvalue weighted by Crippen LogP contribution is -2.43. The smallest absolute Gasteiger partial charge is 0.151 e. The molecule has 0 aliphatic carbocycles. The van der Waals surface area contributed by atoms with Crippen molar-refractivity contribution in [2.24, 2.45) is 5.92 Å². The fourth-order valence-electron chi connectivity index (χ4n) is 1.32. The maximum absolute atomic E-state index is 11.3. The highest BCUT2D eigenvalue weighted by Crippen LogP contribution is 2.03. The van der Waals surface area contributed by atoms with E-state index in [1.807, 2.05) is 20.8 Å². The summed E-state index contributed by atoms with van der Waals surface area (Å²) in [5.41, 5.74) is 0. The Balaban J connectivity index is 4.09. The largest absolute Gasteiger partial charge is 0.396 e. The quantitative estimate of drug-likeness (QED) is 0.673. The maximum atomic E-state index is 11.3. The average molecular weight is 237 g/mol. The Labute approximate surface area is 93.0 Å². The van der Waals surface area contributed by atoms with Crippen molar-refractivity contribution in [1.82, 2.24) is 5.32 Å². The summed E-state index contributed by atoms with van der Waals surface area (Å²) >= 11 is 0. The highest BCUT2D eigenvalue weighted by Gasteiger charge is 2.17. The van der Waals surface area contributed by atoms with E-state index in [1.165, 1.54) is 0 Å². The first-order valence-electron chi connectivity index (χ1n) is 5.39. The predicted molar refractivity (Wildman–Crippen MR) is 62.6 cm³/mol. The van der Waals surface area contributed by atoms with Crippen molar-refractivity contribution in [2.45, 2.75) is 39.8 Å². The van der Waals surface area contributed by atoms with Crippen LogP contribution in [-0.4, -0.2) is 43.7 Å². The van der Waals surface area contributed by atoms with Gasteiger partial charge in [0.25, 0.3) is 0 Å². The van der Waals surface area contributed by atoms with Crippen molar-refractivity contribution in [2.75, 3.05) is 18.1 Å². The standard InChI is InChI=1S/C10H23NO3S/c1-5-15(13,14)7-9(3)11-10(4)8(2)6-12/h8-12H,5-7H2,1-4H3. The number of sulfone groups is 1. The molecule has 3 atom stereocenters. The van der Waals surface area contributed by atoms with E-state index in [9.17, 15) is 8.42 Å². The zero-order chi connectivity index (χ0) is 12.1. The van der Waals surface area contributed by atoms with E-state index in [1.54, 1.807) is 6.92 Å². The minimum atomic E-state index is -2.92. The van der Waals surface area contributed by atoms with Crippen LogP contribution in [0.3, 0.4) is 0 Å². The molecule has 2 N–H and O–H groups in total. The summed E-state index contributed by atoms with van der Waals surface area (Å²) in [6.45, 7) is 7.51. The van der Waals surface area contributed by atoms with E-state index in [2.05, 4.69) is 5.32 Å². The van der Waals surface area contributed by atoms with Crippen LogP contribution < -0.4 is 5.32 Å². The van der Waals surface area contributed by atoms with Crippen LogP contribution in [0.2, 0.25) is 0 Å². The minimum absolute atomic E-state index is 0.0704. The maximum Gasteiger partial charge on any atom is 0.151 e. The number of rotatable bonds is 7. The third-order valence-corrected chi connectivity index (χ3v) is 4.52. The topological polar surface area (TPSA) is 66.4 Å². The summed E-state index contributed by atoms with van der Waals surface area (Å²) in [4.78, 5) is 0. The summed E-state index contributed by atoms with van der Waals surface area (Å²) < 4.78 is 22.7. The van der Waals surface area contributed by atoms with E-state index in [-0.39, 0.29) is 36.1 Å². The summed E-state index contributed by atoms with van der Waals surface area (Å²) in [5.74, 6) is 0.478. The van der Waals surface area contributed by atoms with E-state index >= 15 is 0 Å². The van der Waals surface area contributed by atoms with Gasteiger partial charge in [-0.25, -0.2) is 8.42 Å². The Morgan fingerprint density at radius 3 is 2.20 bits per heavy atom. The molecule has 0 aromatic rings. The summed E-state index contributed by atoms with van der Waals surface area (Å²) in [6, 6.07) is 0.0519. The second-order valence-electron chi connectivity index (χ2n) is 4.22. The van der Waals surface area contributed by atoms with Crippen molar-refractivity contribution < 1.29 is 13.5 Å². The van der Waals surface area contributed by atoms with Crippen LogP contribution in [0.25, 0.3) is 0 Å². The molecule has 0 fully saturated rings. The number of hydrogen-bond donors (Lipinski definition) is 2. The van der Waals surface area contributed by atoms with Gasteiger partial charge in [0.05, 0.1) is 5.75 Å². The first kappa shape index (κ1) is 14.9. The number of aliphatic hydroxyl groups is 1. The van der Waals surface area contributed by atoms with Crippen LogP contribution >= 0.6 is 0 Å². The van der Waals surface area contributed by atoms with Gasteiger partial charge in [-0.3, -0.25) is 0 Å². The van der Waals surface area contributed by atoms with E-state index in [4.69, 9.17) is 5.11 Å². The molecule has 0 aromatic carbocycles. The molecule has 0 aliphatic rings. The van der Waals surface area contributed by atoms with Gasteiger partial charge in [0, 0.05) is 24.4 Å². The minimum Gasteiger partial charge on any atom is -0.396 e. The molecule has 0 heterocycles. The first-order valence-corrected chi connectivity index (χ1v) is 7.21. The molecule has 3 unspecified atom stereocenters. The number of nitrogens with one attached hydrogen (secondary N) is 1. The Hall–Kier alpha value is -0.130. The van der Waals surface area contributed by atoms with E-state index in [0.29, 0.717) is 0 Å². The number of aliphatic hydroxyl groups excluding tert-OH is 1. The number of hydrogen-bond acceptors (Lipinski definition) is 4. The molecule has 0 bridgehead atoms. The summed E-state index contributed by atoms with van der Waals surface area (Å²) in [7, 11) is -2.92. The molecule has 0 aliphatic heterocycles. The molecule has 0 amide bonds. The van der Waals surface area contributed by atoms with Crippen molar-refractivity contribution in [3.63, 3.8) is 0 Å². The molecule has 0 saturated heterocycles. The van der Waals surface area contributed by atoms with Crippen LogP contribution in [0.5, 0.6) is 0 Å². The molecule has 15 heavy (non-hydrogen) atoms. The van der Waals surface area contributed by atoms with Crippen LogP contribution in [0.4, 0.5) is 0 Å². The van der Waals surface area contributed by atoms with E-state index in [0.717, 1.165) is 0 Å². The highest BCUT2D eigenvalue weighted by atomic mass is 32.2. The van der Waals surface area contributed by atoms with Crippen LogP contribution in [0.15, 0.2) is 0 Å². The van der Waals surface area contributed by atoms with Gasteiger partial charge in [-0.2, -0.15) is 0 Å². The SMILES string of the molecule is CCS(=O)(=O)CC(C)NC(C)C(C)CO. The zero-order valence-corrected chi connectivity index (χ0v) is 10.8. The lowest BCUT2D eigenvalue weighted by atomic mass is 10.0. The third kappa shape index (κ3) is 6.12. The summed E-state index contributed by atoms with van der Waals surface area (Å²) in [6.07, 6.45) is 0. The molecular weight excluding hydrogens is 214 g/mol. The van der Waals surface area contributed by atoms with Gasteiger partial charge in [-0.05, 0) is 19.8 Å².